The van der Waals surface area contributed by atoms with E-state index >= 15 is 0 Å². The lowest BCUT2D eigenvalue weighted by molar-refractivity contribution is -0.120. The summed E-state index contributed by atoms with van der Waals surface area (Å²) in [5.41, 5.74) is 2.69. The van der Waals surface area contributed by atoms with Gasteiger partial charge in [0.2, 0.25) is 0 Å². The van der Waals surface area contributed by atoms with Crippen molar-refractivity contribution < 1.29 is 23.8 Å². The summed E-state index contributed by atoms with van der Waals surface area (Å²) < 4.78 is 19.0. The summed E-state index contributed by atoms with van der Waals surface area (Å²) in [6, 6.07) is 13.8. The topological polar surface area (TPSA) is 61.8 Å². The Morgan fingerprint density at radius 2 is 1.46 bits per heavy atom. The summed E-state index contributed by atoms with van der Waals surface area (Å²) in [6.07, 6.45) is 2.16. The molecule has 0 unspecified atom stereocenters. The third-order valence-corrected chi connectivity index (χ3v) is 7.98. The molecular weight excluding hydrogens is 532 g/mol. The number of methoxy groups -OCH3 is 1. The molecule has 0 atom stereocenters. The zero-order valence-corrected chi connectivity index (χ0v) is 23.7. The van der Waals surface area contributed by atoms with E-state index in [0.29, 0.717) is 70.9 Å². The first-order valence-corrected chi connectivity index (χ1v) is 13.5. The molecule has 5 nitrogen and oxygen atoms in total. The zero-order valence-electron chi connectivity index (χ0n) is 22.1. The number of hydrogen-bond acceptors (Lipinski definition) is 5. The van der Waals surface area contributed by atoms with Crippen LogP contribution >= 0.6 is 15.9 Å². The van der Waals surface area contributed by atoms with Crippen LogP contribution in [0.3, 0.4) is 0 Å². The van der Waals surface area contributed by atoms with Gasteiger partial charge in [0.1, 0.15) is 18.1 Å². The summed E-state index contributed by atoms with van der Waals surface area (Å²) in [6.45, 7) is 8.74. The average Bonchev–Trinajstić information content (AvgIpc) is 2.80. The maximum absolute atomic E-state index is 13.6. The van der Waals surface area contributed by atoms with E-state index < -0.39 is 5.92 Å². The predicted octanol–water partition coefficient (Wildman–Crippen LogP) is 7.44. The van der Waals surface area contributed by atoms with Gasteiger partial charge in [0.15, 0.2) is 23.1 Å². The quantitative estimate of drug-likeness (QED) is 0.377. The van der Waals surface area contributed by atoms with Crippen molar-refractivity contribution >= 4 is 27.5 Å². The number of carbonyl (C=O) groups excluding carboxylic acids is 2. The highest BCUT2D eigenvalue weighted by molar-refractivity contribution is 9.10. The summed E-state index contributed by atoms with van der Waals surface area (Å²) in [5.74, 6) is 2.13. The van der Waals surface area contributed by atoms with E-state index in [0.717, 1.165) is 11.1 Å². The summed E-state index contributed by atoms with van der Waals surface area (Å²) in [5, 5.41) is 0. The number of Topliss-reactive ketones (excluding diaryl/α,β-unsaturated/α-hetero) is 2. The van der Waals surface area contributed by atoms with Gasteiger partial charge in [-0.3, -0.25) is 9.59 Å². The number of ether oxygens (including phenoxy) is 3. The van der Waals surface area contributed by atoms with Gasteiger partial charge in [0.25, 0.3) is 0 Å². The Labute approximate surface area is 227 Å². The van der Waals surface area contributed by atoms with Crippen LogP contribution in [0.4, 0.5) is 0 Å². The molecule has 0 bridgehead atoms. The van der Waals surface area contributed by atoms with E-state index in [9.17, 15) is 9.59 Å². The molecule has 0 amide bonds. The van der Waals surface area contributed by atoms with Crippen LogP contribution in [0.15, 0.2) is 69.6 Å². The van der Waals surface area contributed by atoms with Crippen molar-refractivity contribution in [1.29, 1.82) is 0 Å². The van der Waals surface area contributed by atoms with Crippen molar-refractivity contribution in [3.8, 4) is 11.5 Å². The normalized spacial score (nSPS) is 20.8. The average molecular weight is 566 g/mol. The predicted molar refractivity (Wildman–Crippen MR) is 145 cm³/mol. The molecule has 6 heteroatoms. The fourth-order valence-corrected chi connectivity index (χ4v) is 6.36. The zero-order chi connectivity index (χ0) is 26.5. The Hall–Kier alpha value is -2.86. The van der Waals surface area contributed by atoms with E-state index in [1.54, 1.807) is 7.11 Å². The Morgan fingerprint density at radius 3 is 2.00 bits per heavy atom. The minimum atomic E-state index is -0.487. The summed E-state index contributed by atoms with van der Waals surface area (Å²) in [7, 11) is 1.60. The molecule has 0 fully saturated rings. The maximum atomic E-state index is 13.6. The molecule has 2 aromatic rings. The number of carbonyl (C=O) groups is 2. The van der Waals surface area contributed by atoms with E-state index in [1.807, 2.05) is 42.5 Å². The van der Waals surface area contributed by atoms with E-state index in [4.69, 9.17) is 14.2 Å². The molecular formula is C31H33BrO5. The molecule has 1 heterocycles. The highest BCUT2D eigenvalue weighted by Gasteiger charge is 2.48. The Bertz CT molecular complexity index is 1280. The van der Waals surface area contributed by atoms with Crippen molar-refractivity contribution in [2.45, 2.75) is 65.9 Å². The molecule has 2 aromatic carbocycles. The van der Waals surface area contributed by atoms with E-state index in [-0.39, 0.29) is 22.4 Å². The summed E-state index contributed by atoms with van der Waals surface area (Å²) >= 11 is 3.68. The molecule has 0 saturated heterocycles. The standard InChI is InChI=1S/C31H33BrO5/c1-30(2)13-21(33)27-24(15-30)37-25-16-31(3,4)14-22(34)28(25)26(27)19-11-20(32)29(23(12-19)35-5)36-17-18-9-7-6-8-10-18/h6-12,26H,13-17H2,1-5H3. The van der Waals surface area contributed by atoms with Crippen LogP contribution in [-0.2, 0) is 20.9 Å². The van der Waals surface area contributed by atoms with Crippen molar-refractivity contribution in [2.24, 2.45) is 10.8 Å². The number of halogens is 1. The molecule has 0 aromatic heterocycles. The van der Waals surface area contributed by atoms with Gasteiger partial charge < -0.3 is 14.2 Å². The molecule has 37 heavy (non-hydrogen) atoms. The van der Waals surface area contributed by atoms with Crippen LogP contribution in [0, 0.1) is 10.8 Å². The minimum absolute atomic E-state index is 0.0416. The highest BCUT2D eigenvalue weighted by atomic mass is 79.9. The van der Waals surface area contributed by atoms with Gasteiger partial charge in [-0.15, -0.1) is 0 Å². The smallest absolute Gasteiger partial charge is 0.175 e. The highest BCUT2D eigenvalue weighted by Crippen LogP contribution is 2.54. The molecule has 0 radical (unpaired) electrons. The lowest BCUT2D eigenvalue weighted by Crippen LogP contribution is -2.37. The van der Waals surface area contributed by atoms with E-state index in [1.165, 1.54) is 0 Å². The van der Waals surface area contributed by atoms with Crippen LogP contribution < -0.4 is 9.47 Å². The first-order valence-electron chi connectivity index (χ1n) is 12.7. The number of ketones is 2. The number of rotatable bonds is 5. The third-order valence-electron chi connectivity index (χ3n) is 7.39. The molecule has 0 spiro atoms. The lowest BCUT2D eigenvalue weighted by atomic mass is 9.65. The van der Waals surface area contributed by atoms with Crippen LogP contribution in [0.1, 0.15) is 70.4 Å². The van der Waals surface area contributed by atoms with Crippen molar-refractivity contribution in [3.63, 3.8) is 0 Å². The summed E-state index contributed by atoms with van der Waals surface area (Å²) in [4.78, 5) is 27.1. The Kier molecular flexibility index (Phi) is 6.59. The SMILES string of the molecule is COc1cc(C2C3=C(CC(C)(C)CC3=O)OC3=C2C(=O)CC(C)(C)C3)cc(Br)c1OCc1ccccc1. The van der Waals surface area contributed by atoms with Gasteiger partial charge in [-0.25, -0.2) is 0 Å². The van der Waals surface area contributed by atoms with Crippen LogP contribution in [0.25, 0.3) is 0 Å². The second kappa shape index (κ2) is 9.46. The van der Waals surface area contributed by atoms with Gasteiger partial charge >= 0.3 is 0 Å². The largest absolute Gasteiger partial charge is 0.493 e. The number of benzene rings is 2. The number of hydrogen-bond donors (Lipinski definition) is 0. The van der Waals surface area contributed by atoms with Crippen molar-refractivity contribution in [2.75, 3.05) is 7.11 Å². The van der Waals surface area contributed by atoms with Gasteiger partial charge in [-0.05, 0) is 50.0 Å². The van der Waals surface area contributed by atoms with E-state index in [2.05, 4.69) is 43.6 Å². The van der Waals surface area contributed by atoms with Crippen molar-refractivity contribution in [1.82, 2.24) is 0 Å². The first kappa shape index (κ1) is 25.8. The second-order valence-electron chi connectivity index (χ2n) is 11.9. The third kappa shape index (κ3) is 5.00. The molecule has 1 aliphatic heterocycles. The molecule has 194 valence electrons. The van der Waals surface area contributed by atoms with Crippen LogP contribution in [0.2, 0.25) is 0 Å². The molecule has 0 saturated carbocycles. The van der Waals surface area contributed by atoms with Crippen LogP contribution in [0.5, 0.6) is 11.5 Å². The Morgan fingerprint density at radius 1 is 0.892 bits per heavy atom. The minimum Gasteiger partial charge on any atom is -0.493 e. The maximum Gasteiger partial charge on any atom is 0.175 e. The van der Waals surface area contributed by atoms with Gasteiger partial charge in [0.05, 0.1) is 11.6 Å². The molecule has 5 rings (SSSR count). The molecule has 2 aliphatic carbocycles. The molecule has 3 aliphatic rings. The fourth-order valence-electron chi connectivity index (χ4n) is 5.78. The van der Waals surface area contributed by atoms with Gasteiger partial charge in [-0.1, -0.05) is 58.0 Å². The first-order chi connectivity index (χ1) is 17.5. The monoisotopic (exact) mass is 564 g/mol. The second-order valence-corrected chi connectivity index (χ2v) is 12.8. The Balaban J connectivity index is 1.61. The number of allylic oxidation sites excluding steroid dienone is 4. The van der Waals surface area contributed by atoms with Gasteiger partial charge in [-0.2, -0.15) is 0 Å². The van der Waals surface area contributed by atoms with Crippen molar-refractivity contribution in [3.05, 3.63) is 80.7 Å². The lowest BCUT2D eigenvalue weighted by Gasteiger charge is -2.42. The fraction of sp³-hybridized carbons (Fsp3) is 0.419. The molecule has 0 N–H and O–H groups in total. The van der Waals surface area contributed by atoms with Crippen LogP contribution in [-0.4, -0.2) is 18.7 Å². The van der Waals surface area contributed by atoms with Gasteiger partial charge in [0, 0.05) is 42.7 Å².